The summed E-state index contributed by atoms with van der Waals surface area (Å²) in [5.41, 5.74) is 0. The predicted octanol–water partition coefficient (Wildman–Crippen LogP) is -1.29. The summed E-state index contributed by atoms with van der Waals surface area (Å²) in [5, 5.41) is 0. The molecule has 3 heteroatoms. The van der Waals surface area contributed by atoms with Crippen LogP contribution in [0.25, 0.3) is 0 Å². The van der Waals surface area contributed by atoms with Gasteiger partial charge in [0.25, 0.3) is 0 Å². The van der Waals surface area contributed by atoms with E-state index in [1.54, 1.807) is 0 Å². The van der Waals surface area contributed by atoms with Crippen LogP contribution >= 0.6 is 0 Å². The fraction of sp³-hybridized carbons (Fsp3) is 1.00. The average Bonchev–Trinajstić information content (AvgIpc) is 2.67. The minimum Gasteiger partial charge on any atom is -1.00 e. The maximum absolute atomic E-state index is 4.94. The molecule has 62 valence electrons. The van der Waals surface area contributed by atoms with E-state index in [4.69, 9.17) is 9.47 Å². The molecule has 2 saturated heterocycles. The van der Waals surface area contributed by atoms with Gasteiger partial charge in [0.05, 0.1) is 0 Å². The maximum Gasteiger partial charge on any atom is 1.00 e. The van der Waals surface area contributed by atoms with Gasteiger partial charge < -0.3 is 10.9 Å². The molecular formula is C8H17LiO2. The quantitative estimate of drug-likeness (QED) is 0.402. The fourth-order valence-corrected chi connectivity index (χ4v) is 1.02. The van der Waals surface area contributed by atoms with Crippen LogP contribution in [0.1, 0.15) is 27.1 Å². The van der Waals surface area contributed by atoms with Crippen LogP contribution < -0.4 is 18.9 Å². The van der Waals surface area contributed by atoms with Gasteiger partial charge in [-0.1, -0.05) is 0 Å². The largest absolute Gasteiger partial charge is 1.00 e. The molecule has 0 amide bonds. The molecule has 0 radical (unpaired) electrons. The zero-order valence-electron chi connectivity index (χ0n) is 8.47. The van der Waals surface area contributed by atoms with E-state index in [1.807, 2.05) is 0 Å². The summed E-state index contributed by atoms with van der Waals surface area (Å²) in [6.07, 6.45) is 5.11. The van der Waals surface area contributed by atoms with Gasteiger partial charge in [0, 0.05) is 26.4 Å². The molecule has 0 bridgehead atoms. The summed E-state index contributed by atoms with van der Waals surface area (Å²) in [4.78, 5) is 0. The molecule has 0 unspecified atom stereocenters. The summed E-state index contributed by atoms with van der Waals surface area (Å²) in [7, 11) is 0. The van der Waals surface area contributed by atoms with E-state index in [-0.39, 0.29) is 20.3 Å². The van der Waals surface area contributed by atoms with Gasteiger partial charge in [-0.3, -0.25) is 0 Å². The van der Waals surface area contributed by atoms with Crippen molar-refractivity contribution in [3.05, 3.63) is 0 Å². The second-order valence-corrected chi connectivity index (χ2v) is 2.64. The van der Waals surface area contributed by atoms with Gasteiger partial charge in [-0.25, -0.2) is 0 Å². The van der Waals surface area contributed by atoms with E-state index in [0.29, 0.717) is 0 Å². The van der Waals surface area contributed by atoms with Crippen molar-refractivity contribution in [3.63, 3.8) is 0 Å². The summed E-state index contributed by atoms with van der Waals surface area (Å²) in [6.45, 7) is 4.00. The first-order valence-corrected chi connectivity index (χ1v) is 4.15. The smallest absolute Gasteiger partial charge is 1.00 e. The Morgan fingerprint density at radius 2 is 0.909 bits per heavy atom. The van der Waals surface area contributed by atoms with Crippen molar-refractivity contribution in [3.8, 4) is 0 Å². The average molecular weight is 152 g/mol. The number of hydrogen-bond donors (Lipinski definition) is 0. The van der Waals surface area contributed by atoms with E-state index in [1.165, 1.54) is 25.7 Å². The first kappa shape index (κ1) is 11.5. The van der Waals surface area contributed by atoms with Gasteiger partial charge in [0.1, 0.15) is 0 Å². The van der Waals surface area contributed by atoms with E-state index < -0.39 is 0 Å². The number of rotatable bonds is 0. The molecule has 2 rings (SSSR count). The molecule has 0 aromatic rings. The minimum atomic E-state index is 0. The standard InChI is InChI=1S/2C4H8O.Li.H/c2*1-2-4-5-3-1;;/h2*1-4H2;;/q;;+1;-1. The third-order valence-corrected chi connectivity index (χ3v) is 1.65. The molecule has 0 aromatic carbocycles. The van der Waals surface area contributed by atoms with Gasteiger partial charge in [-0.05, 0) is 25.7 Å². The summed E-state index contributed by atoms with van der Waals surface area (Å²) in [6, 6.07) is 0. The van der Waals surface area contributed by atoms with Crippen LogP contribution in [0, 0.1) is 0 Å². The Labute approximate surface area is 82.3 Å². The van der Waals surface area contributed by atoms with Crippen molar-refractivity contribution in [2.45, 2.75) is 25.7 Å². The Hall–Kier alpha value is 0.517. The SMILES string of the molecule is C1CCOC1.C1CCOC1.[H-].[Li+]. The van der Waals surface area contributed by atoms with Crippen molar-refractivity contribution in [1.82, 2.24) is 0 Å². The van der Waals surface area contributed by atoms with Crippen LogP contribution in [0.2, 0.25) is 0 Å². The first-order valence-electron chi connectivity index (χ1n) is 4.15. The Bertz CT molecular complexity index is 50.2. The normalized spacial score (nSPS) is 21.8. The van der Waals surface area contributed by atoms with Gasteiger partial charge in [-0.15, -0.1) is 0 Å². The summed E-state index contributed by atoms with van der Waals surface area (Å²) in [5.74, 6) is 0. The van der Waals surface area contributed by atoms with Crippen molar-refractivity contribution in [2.75, 3.05) is 26.4 Å². The van der Waals surface area contributed by atoms with Crippen LogP contribution in [0.4, 0.5) is 0 Å². The van der Waals surface area contributed by atoms with Crippen LogP contribution in [-0.4, -0.2) is 26.4 Å². The first-order chi connectivity index (χ1) is 5.00. The van der Waals surface area contributed by atoms with Crippen molar-refractivity contribution < 1.29 is 29.8 Å². The molecule has 2 fully saturated rings. The van der Waals surface area contributed by atoms with Crippen LogP contribution in [0.15, 0.2) is 0 Å². The number of hydrogen-bond acceptors (Lipinski definition) is 2. The molecular weight excluding hydrogens is 135 g/mol. The van der Waals surface area contributed by atoms with E-state index in [9.17, 15) is 0 Å². The molecule has 0 aromatic heterocycles. The minimum absolute atomic E-state index is 0. The summed E-state index contributed by atoms with van der Waals surface area (Å²) < 4.78 is 9.89. The molecule has 0 spiro atoms. The van der Waals surface area contributed by atoms with Gasteiger partial charge >= 0.3 is 18.9 Å². The molecule has 0 N–H and O–H groups in total. The van der Waals surface area contributed by atoms with E-state index in [2.05, 4.69) is 0 Å². The van der Waals surface area contributed by atoms with Gasteiger partial charge in [0.15, 0.2) is 0 Å². The Balaban J connectivity index is 0. The fourth-order valence-electron chi connectivity index (χ4n) is 1.02. The zero-order chi connectivity index (χ0) is 7.07. The monoisotopic (exact) mass is 152 g/mol. The summed E-state index contributed by atoms with van der Waals surface area (Å²) >= 11 is 0. The van der Waals surface area contributed by atoms with E-state index in [0.717, 1.165) is 26.4 Å². The van der Waals surface area contributed by atoms with Crippen molar-refractivity contribution in [2.24, 2.45) is 0 Å². The van der Waals surface area contributed by atoms with E-state index >= 15 is 0 Å². The second-order valence-electron chi connectivity index (χ2n) is 2.64. The Kier molecular flexibility index (Phi) is 9.02. The topological polar surface area (TPSA) is 18.5 Å². The van der Waals surface area contributed by atoms with Crippen LogP contribution in [0.5, 0.6) is 0 Å². The second kappa shape index (κ2) is 8.61. The van der Waals surface area contributed by atoms with Gasteiger partial charge in [0.2, 0.25) is 0 Å². The third kappa shape index (κ3) is 6.90. The molecule has 2 aliphatic heterocycles. The maximum atomic E-state index is 4.94. The van der Waals surface area contributed by atoms with Crippen LogP contribution in [-0.2, 0) is 9.47 Å². The molecule has 2 heterocycles. The molecule has 11 heavy (non-hydrogen) atoms. The number of ether oxygens (including phenoxy) is 2. The van der Waals surface area contributed by atoms with Crippen molar-refractivity contribution in [1.29, 1.82) is 0 Å². The Morgan fingerprint density at radius 3 is 1.00 bits per heavy atom. The predicted molar refractivity (Wildman–Crippen MR) is 41.2 cm³/mol. The molecule has 2 nitrogen and oxygen atoms in total. The molecule has 0 aliphatic carbocycles. The van der Waals surface area contributed by atoms with Crippen molar-refractivity contribution >= 4 is 0 Å². The molecule has 0 saturated carbocycles. The zero-order valence-corrected chi connectivity index (χ0v) is 7.47. The van der Waals surface area contributed by atoms with Crippen LogP contribution in [0.3, 0.4) is 0 Å². The third-order valence-electron chi connectivity index (χ3n) is 1.65. The molecule has 2 aliphatic rings. The van der Waals surface area contributed by atoms with Gasteiger partial charge in [-0.2, -0.15) is 0 Å². The Morgan fingerprint density at radius 1 is 0.636 bits per heavy atom. The molecule has 0 atom stereocenters.